The molecule has 6 N–H and O–H groups in total. The fraction of sp³-hybridized carbons (Fsp3) is 0.478. The van der Waals surface area contributed by atoms with Crippen LogP contribution in [0.25, 0.3) is 0 Å². The second-order valence-electron chi connectivity index (χ2n) is 16.4. The zero-order chi connectivity index (χ0) is 49.8. The average Bonchev–Trinajstić information content (AvgIpc) is 3.31. The van der Waals surface area contributed by atoms with Gasteiger partial charge in [-0.05, 0) is 146 Å². The van der Waals surface area contributed by atoms with Crippen LogP contribution in [-0.2, 0) is 54.3 Å². The summed E-state index contributed by atoms with van der Waals surface area (Å²) in [7, 11) is -7.18. The maximum atomic E-state index is 13.0. The summed E-state index contributed by atoms with van der Waals surface area (Å²) in [6.07, 6.45) is 0.684. The molecule has 4 aliphatic heterocycles. The van der Waals surface area contributed by atoms with Gasteiger partial charge in [0, 0.05) is 0 Å². The molecule has 0 aliphatic carbocycles. The molecular weight excluding hydrogens is 949 g/mol. The van der Waals surface area contributed by atoms with Gasteiger partial charge in [0.05, 0.1) is 38.9 Å². The fourth-order valence-electron chi connectivity index (χ4n) is 7.43. The van der Waals surface area contributed by atoms with Crippen molar-refractivity contribution in [1.82, 2.24) is 0 Å². The molecule has 376 valence electrons. The smallest absolute Gasteiger partial charge is 0.264 e. The van der Waals surface area contributed by atoms with E-state index in [2.05, 4.69) is 8.37 Å². The van der Waals surface area contributed by atoms with Crippen LogP contribution in [0.15, 0.2) is 72.8 Å². The lowest BCUT2D eigenvalue weighted by atomic mass is 9.99. The lowest BCUT2D eigenvalue weighted by molar-refractivity contribution is -0.00965. The quantitative estimate of drug-likeness (QED) is 0.0879. The van der Waals surface area contributed by atoms with E-state index in [4.69, 9.17) is 29.2 Å². The minimum Gasteiger partial charge on any atom is -0.487 e. The molecule has 0 saturated carbocycles. The van der Waals surface area contributed by atoms with Crippen molar-refractivity contribution in [2.24, 2.45) is 0 Å². The molecule has 22 heteroatoms. The van der Waals surface area contributed by atoms with E-state index in [1.165, 1.54) is 60.7 Å². The predicted molar refractivity (Wildman–Crippen MR) is 236 cm³/mol. The Bertz CT molecular complexity index is 2330. The Balaban J connectivity index is 0.000000170. The molecule has 0 fully saturated rings. The summed E-state index contributed by atoms with van der Waals surface area (Å²) in [6, 6.07) is 17.0. The number of benzene rings is 4. The van der Waals surface area contributed by atoms with E-state index < -0.39 is 69.1 Å². The Morgan fingerprint density at radius 2 is 0.706 bits per heavy atom. The predicted octanol–water partition coefficient (Wildman–Crippen LogP) is 3.46. The van der Waals surface area contributed by atoms with E-state index in [1.807, 2.05) is 0 Å². The molecule has 0 bridgehead atoms. The van der Waals surface area contributed by atoms with Crippen LogP contribution in [0.4, 0.5) is 17.6 Å². The number of fused-ring (bicyclic) bond motifs is 4. The monoisotopic (exact) mass is 1000 g/mol. The van der Waals surface area contributed by atoms with Crippen LogP contribution in [-0.4, -0.2) is 135 Å². The molecule has 0 spiro atoms. The van der Waals surface area contributed by atoms with Gasteiger partial charge in [-0.1, -0.05) is 0 Å². The maximum Gasteiger partial charge on any atom is 0.264 e. The highest BCUT2D eigenvalue weighted by Crippen LogP contribution is 2.32. The maximum absolute atomic E-state index is 13.0. The van der Waals surface area contributed by atoms with Crippen molar-refractivity contribution in [3.8, 4) is 23.0 Å². The van der Waals surface area contributed by atoms with E-state index in [9.17, 15) is 54.8 Å². The molecule has 4 heterocycles. The second-order valence-corrected chi connectivity index (χ2v) is 19.7. The van der Waals surface area contributed by atoms with Crippen LogP contribution in [0.1, 0.15) is 47.9 Å². The van der Waals surface area contributed by atoms with E-state index >= 15 is 0 Å². The average molecular weight is 1010 g/mol. The zero-order valence-corrected chi connectivity index (χ0v) is 38.8. The molecule has 8 rings (SSSR count). The topological polar surface area (TPSA) is 245 Å². The van der Waals surface area contributed by atoms with Crippen molar-refractivity contribution in [2.45, 2.75) is 100 Å². The lowest BCUT2D eigenvalue weighted by Crippen LogP contribution is -2.38. The number of ether oxygens (including phenoxy) is 4. The third-order valence-electron chi connectivity index (χ3n) is 11.0. The molecule has 0 unspecified atom stereocenters. The van der Waals surface area contributed by atoms with Gasteiger partial charge in [-0.3, -0.25) is 8.37 Å². The molecule has 4 aromatic rings. The minimum atomic E-state index is -3.59. The van der Waals surface area contributed by atoms with E-state index in [-0.39, 0.29) is 49.7 Å². The Kier molecular flexibility index (Phi) is 19.8. The SMILES string of the molecule is CS(=O)(=O)OC[C@@H](O)[C@@H]1CCc2cc(F)ccc2O1.CS(=O)(=O)OC[C@@H](O)[C@H]1CCc2cc(F)ccc2O1.OC[C@@H](O)[C@@H]1CCc2cc(F)ccc2O1.OC[C@@H](O)[C@H]1CCc2cc(F)ccc2O1. The van der Waals surface area contributed by atoms with E-state index in [0.717, 1.165) is 34.8 Å². The number of hydrogen-bond acceptors (Lipinski definition) is 16. The van der Waals surface area contributed by atoms with Crippen molar-refractivity contribution in [3.05, 3.63) is 118 Å². The molecule has 0 aromatic heterocycles. The van der Waals surface area contributed by atoms with Crippen LogP contribution in [0.2, 0.25) is 0 Å². The Morgan fingerprint density at radius 3 is 0.926 bits per heavy atom. The highest BCUT2D eigenvalue weighted by atomic mass is 32.2. The first-order chi connectivity index (χ1) is 32.1. The van der Waals surface area contributed by atoms with Crippen LogP contribution >= 0.6 is 0 Å². The third kappa shape index (κ3) is 16.8. The Labute approximate surface area is 391 Å². The number of aliphatic hydroxyl groups excluding tert-OH is 6. The molecular formula is C46H56F4O16S2. The number of halogens is 4. The fourth-order valence-corrected chi connectivity index (χ4v) is 8.21. The van der Waals surface area contributed by atoms with Crippen molar-refractivity contribution in [1.29, 1.82) is 0 Å². The van der Waals surface area contributed by atoms with Gasteiger partial charge in [0.25, 0.3) is 20.2 Å². The zero-order valence-electron chi connectivity index (χ0n) is 37.1. The Hall–Kier alpha value is -4.62. The third-order valence-corrected chi connectivity index (χ3v) is 12.1. The first kappa shape index (κ1) is 54.3. The van der Waals surface area contributed by atoms with Crippen molar-refractivity contribution < 1.29 is 92.4 Å². The van der Waals surface area contributed by atoms with Crippen molar-refractivity contribution >= 4 is 20.2 Å². The number of aryl methyl sites for hydroxylation is 4. The summed E-state index contributed by atoms with van der Waals surface area (Å²) in [6.45, 7) is -1.33. The van der Waals surface area contributed by atoms with Crippen LogP contribution in [0.5, 0.6) is 23.0 Å². The molecule has 4 aromatic carbocycles. The van der Waals surface area contributed by atoms with E-state index in [1.54, 1.807) is 12.1 Å². The van der Waals surface area contributed by atoms with Gasteiger partial charge in [0.2, 0.25) is 0 Å². The van der Waals surface area contributed by atoms with Gasteiger partial charge in [-0.25, -0.2) is 17.6 Å². The Morgan fingerprint density at radius 1 is 0.471 bits per heavy atom. The molecule has 0 radical (unpaired) electrons. The summed E-state index contributed by atoms with van der Waals surface area (Å²) in [5.74, 6) is 0.993. The standard InChI is InChI=1S/2C12H15FO5S.2C11H13FO3/c2*1-19(15,16)17-7-10(14)12-4-2-8-6-9(13)3-5-11(8)18-12;2*12-8-2-4-10-7(5-8)1-3-11(15-10)9(14)6-13/h2*3,5-6,10,12,14H,2,4,7H2,1H3;2*2,4-5,9,11,13-14H,1,3,6H2/t10-,12+;10-,12-;9-,11+;9-,11-/m1111/s1. The molecule has 0 amide bonds. The lowest BCUT2D eigenvalue weighted by Gasteiger charge is -2.29. The molecule has 16 nitrogen and oxygen atoms in total. The van der Waals surface area contributed by atoms with Gasteiger partial charge < -0.3 is 49.6 Å². The second kappa shape index (κ2) is 24.8. The van der Waals surface area contributed by atoms with Crippen LogP contribution in [0, 0.1) is 23.3 Å². The van der Waals surface area contributed by atoms with Gasteiger partial charge in [0.1, 0.15) is 95.1 Å². The molecule has 4 aliphatic rings. The van der Waals surface area contributed by atoms with Crippen molar-refractivity contribution in [2.75, 3.05) is 38.9 Å². The molecule has 68 heavy (non-hydrogen) atoms. The van der Waals surface area contributed by atoms with Crippen molar-refractivity contribution in [3.63, 3.8) is 0 Å². The largest absolute Gasteiger partial charge is 0.487 e. The van der Waals surface area contributed by atoms with Crippen LogP contribution < -0.4 is 18.9 Å². The molecule has 0 saturated heterocycles. The summed E-state index contributed by atoms with van der Waals surface area (Å²) >= 11 is 0. The summed E-state index contributed by atoms with van der Waals surface area (Å²) in [4.78, 5) is 0. The normalized spacial score (nSPS) is 21.0. The first-order valence-electron chi connectivity index (χ1n) is 21.5. The highest BCUT2D eigenvalue weighted by Gasteiger charge is 2.30. The highest BCUT2D eigenvalue weighted by molar-refractivity contribution is 7.86. The summed E-state index contributed by atoms with van der Waals surface area (Å²) in [5.41, 5.74) is 3.12. The van der Waals surface area contributed by atoms with Gasteiger partial charge in [-0.15, -0.1) is 0 Å². The minimum absolute atomic E-state index is 0.279. The number of rotatable bonds is 12. The number of hydrogen-bond donors (Lipinski definition) is 6. The molecule has 8 atom stereocenters. The van der Waals surface area contributed by atoms with Crippen LogP contribution in [0.3, 0.4) is 0 Å². The van der Waals surface area contributed by atoms with E-state index in [0.29, 0.717) is 74.4 Å². The van der Waals surface area contributed by atoms with Gasteiger partial charge in [-0.2, -0.15) is 16.8 Å². The number of aliphatic hydroxyl groups is 6. The van der Waals surface area contributed by atoms with Gasteiger partial charge in [0.15, 0.2) is 0 Å². The summed E-state index contributed by atoms with van der Waals surface area (Å²) < 4.78 is 126. The summed E-state index contributed by atoms with van der Waals surface area (Å²) in [5, 5.41) is 56.1. The van der Waals surface area contributed by atoms with Gasteiger partial charge >= 0.3 is 0 Å². The first-order valence-corrected chi connectivity index (χ1v) is 25.2.